The molecule has 66 valence electrons. The number of aromatic hydroxyl groups is 1. The molecule has 2 aromatic rings. The van der Waals surface area contributed by atoms with Crippen LogP contribution in [0.25, 0.3) is 10.6 Å². The zero-order chi connectivity index (χ0) is 9.26. The van der Waals surface area contributed by atoms with Crippen molar-refractivity contribution in [1.29, 1.82) is 0 Å². The summed E-state index contributed by atoms with van der Waals surface area (Å²) in [6.45, 7) is 0. The smallest absolute Gasteiger partial charge is 0.142 e. The summed E-state index contributed by atoms with van der Waals surface area (Å²) in [7, 11) is 0. The summed E-state index contributed by atoms with van der Waals surface area (Å²) in [4.78, 5) is 5.07. The summed E-state index contributed by atoms with van der Waals surface area (Å²) >= 11 is 4.94. The number of rotatable bonds is 1. The van der Waals surface area contributed by atoms with Gasteiger partial charge in [0.05, 0.1) is 4.88 Å². The Labute approximate surface area is 88.0 Å². The number of hydrogen-bond donors (Lipinski definition) is 1. The molecule has 0 aliphatic carbocycles. The van der Waals surface area contributed by atoms with Crippen molar-refractivity contribution in [3.05, 3.63) is 34.2 Å². The van der Waals surface area contributed by atoms with Crippen LogP contribution in [0.5, 0.6) is 5.75 Å². The standard InChI is InChI=1S/C9H6BrNOS/c10-6-3-5-13-9(6)8-7(12)2-1-4-11-8/h1-5,12H. The van der Waals surface area contributed by atoms with E-state index in [1.807, 2.05) is 11.4 Å². The Kier molecular flexibility index (Phi) is 2.33. The number of nitrogens with zero attached hydrogens (tertiary/aromatic N) is 1. The molecular weight excluding hydrogens is 250 g/mol. The van der Waals surface area contributed by atoms with Crippen LogP contribution in [0.2, 0.25) is 0 Å². The molecule has 0 radical (unpaired) electrons. The van der Waals surface area contributed by atoms with Gasteiger partial charge in [0.1, 0.15) is 11.4 Å². The Morgan fingerprint density at radius 2 is 2.23 bits per heavy atom. The molecular formula is C9H6BrNOS. The van der Waals surface area contributed by atoms with Gasteiger partial charge in [0, 0.05) is 10.7 Å². The second kappa shape index (κ2) is 3.47. The summed E-state index contributed by atoms with van der Waals surface area (Å²) < 4.78 is 0.964. The van der Waals surface area contributed by atoms with Gasteiger partial charge in [-0.2, -0.15) is 0 Å². The van der Waals surface area contributed by atoms with E-state index >= 15 is 0 Å². The number of hydrogen-bond acceptors (Lipinski definition) is 3. The highest BCUT2D eigenvalue weighted by Gasteiger charge is 2.09. The Morgan fingerprint density at radius 3 is 2.85 bits per heavy atom. The highest BCUT2D eigenvalue weighted by molar-refractivity contribution is 9.10. The van der Waals surface area contributed by atoms with Crippen LogP contribution < -0.4 is 0 Å². The van der Waals surface area contributed by atoms with E-state index in [1.54, 1.807) is 29.7 Å². The van der Waals surface area contributed by atoms with Crippen molar-refractivity contribution in [1.82, 2.24) is 4.98 Å². The Bertz CT molecular complexity index is 427. The molecule has 0 spiro atoms. The molecule has 0 amide bonds. The zero-order valence-electron chi connectivity index (χ0n) is 6.57. The third-order valence-electron chi connectivity index (χ3n) is 1.62. The van der Waals surface area contributed by atoms with Crippen molar-refractivity contribution in [2.45, 2.75) is 0 Å². The predicted molar refractivity (Wildman–Crippen MR) is 56.9 cm³/mol. The zero-order valence-corrected chi connectivity index (χ0v) is 8.97. The minimum atomic E-state index is 0.214. The van der Waals surface area contributed by atoms with Crippen molar-refractivity contribution >= 4 is 27.3 Å². The molecule has 4 heteroatoms. The van der Waals surface area contributed by atoms with E-state index in [4.69, 9.17) is 0 Å². The quantitative estimate of drug-likeness (QED) is 0.849. The van der Waals surface area contributed by atoms with Crippen LogP contribution in [0.15, 0.2) is 34.2 Å². The maximum absolute atomic E-state index is 9.53. The lowest BCUT2D eigenvalue weighted by atomic mass is 10.3. The monoisotopic (exact) mass is 255 g/mol. The molecule has 0 fully saturated rings. The van der Waals surface area contributed by atoms with Crippen LogP contribution >= 0.6 is 27.3 Å². The van der Waals surface area contributed by atoms with Crippen molar-refractivity contribution < 1.29 is 5.11 Å². The van der Waals surface area contributed by atoms with Gasteiger partial charge in [0.15, 0.2) is 0 Å². The highest BCUT2D eigenvalue weighted by atomic mass is 79.9. The maximum Gasteiger partial charge on any atom is 0.142 e. The van der Waals surface area contributed by atoms with Crippen LogP contribution in [0, 0.1) is 0 Å². The summed E-state index contributed by atoms with van der Waals surface area (Å²) in [5.41, 5.74) is 0.629. The van der Waals surface area contributed by atoms with Gasteiger partial charge >= 0.3 is 0 Å². The van der Waals surface area contributed by atoms with Gasteiger partial charge in [-0.3, -0.25) is 4.98 Å². The molecule has 2 aromatic heterocycles. The molecule has 0 aliphatic rings. The van der Waals surface area contributed by atoms with E-state index < -0.39 is 0 Å². The molecule has 0 atom stereocenters. The molecule has 2 rings (SSSR count). The van der Waals surface area contributed by atoms with Gasteiger partial charge < -0.3 is 5.11 Å². The fourth-order valence-corrected chi connectivity index (χ4v) is 2.60. The molecule has 0 saturated carbocycles. The van der Waals surface area contributed by atoms with Crippen molar-refractivity contribution in [2.24, 2.45) is 0 Å². The molecule has 13 heavy (non-hydrogen) atoms. The molecule has 0 aromatic carbocycles. The highest BCUT2D eigenvalue weighted by Crippen LogP contribution is 2.36. The maximum atomic E-state index is 9.53. The normalized spacial score (nSPS) is 10.2. The third-order valence-corrected chi connectivity index (χ3v) is 3.46. The number of aromatic nitrogens is 1. The van der Waals surface area contributed by atoms with Crippen LogP contribution in [0.4, 0.5) is 0 Å². The predicted octanol–water partition coefficient (Wildman–Crippen LogP) is 3.28. The van der Waals surface area contributed by atoms with E-state index in [2.05, 4.69) is 20.9 Å². The Morgan fingerprint density at radius 1 is 1.38 bits per heavy atom. The van der Waals surface area contributed by atoms with E-state index in [-0.39, 0.29) is 5.75 Å². The average Bonchev–Trinajstić information content (AvgIpc) is 2.52. The van der Waals surface area contributed by atoms with Gasteiger partial charge in [-0.15, -0.1) is 11.3 Å². The Balaban J connectivity index is 2.59. The lowest BCUT2D eigenvalue weighted by molar-refractivity contribution is 0.475. The topological polar surface area (TPSA) is 33.1 Å². The first-order valence-electron chi connectivity index (χ1n) is 3.66. The Hall–Kier alpha value is -0.870. The molecule has 0 unspecified atom stereocenters. The van der Waals surface area contributed by atoms with Crippen LogP contribution in [0.1, 0.15) is 0 Å². The first kappa shape index (κ1) is 8.72. The largest absolute Gasteiger partial charge is 0.506 e. The second-order valence-electron chi connectivity index (χ2n) is 2.47. The SMILES string of the molecule is Oc1cccnc1-c1sccc1Br. The van der Waals surface area contributed by atoms with Gasteiger partial charge in [-0.1, -0.05) is 0 Å². The lowest BCUT2D eigenvalue weighted by Gasteiger charge is -1.99. The fraction of sp³-hybridized carbons (Fsp3) is 0. The van der Waals surface area contributed by atoms with E-state index in [1.165, 1.54) is 0 Å². The van der Waals surface area contributed by atoms with Crippen LogP contribution in [-0.4, -0.2) is 10.1 Å². The number of halogens is 1. The molecule has 0 saturated heterocycles. The molecule has 1 N–H and O–H groups in total. The first-order chi connectivity index (χ1) is 6.29. The minimum absolute atomic E-state index is 0.214. The second-order valence-corrected chi connectivity index (χ2v) is 4.24. The van der Waals surface area contributed by atoms with Gasteiger partial charge in [0.25, 0.3) is 0 Å². The van der Waals surface area contributed by atoms with Crippen LogP contribution in [0.3, 0.4) is 0 Å². The van der Waals surface area contributed by atoms with Crippen molar-refractivity contribution in [3.63, 3.8) is 0 Å². The van der Waals surface area contributed by atoms with E-state index in [0.717, 1.165) is 9.35 Å². The molecule has 0 aliphatic heterocycles. The first-order valence-corrected chi connectivity index (χ1v) is 5.33. The molecule has 0 bridgehead atoms. The van der Waals surface area contributed by atoms with E-state index in [0.29, 0.717) is 5.69 Å². The van der Waals surface area contributed by atoms with Gasteiger partial charge in [0.2, 0.25) is 0 Å². The minimum Gasteiger partial charge on any atom is -0.506 e. The molecule has 2 nitrogen and oxygen atoms in total. The van der Waals surface area contributed by atoms with Gasteiger partial charge in [-0.05, 0) is 39.5 Å². The van der Waals surface area contributed by atoms with Gasteiger partial charge in [-0.25, -0.2) is 0 Å². The van der Waals surface area contributed by atoms with E-state index in [9.17, 15) is 5.11 Å². The summed E-state index contributed by atoms with van der Waals surface area (Å²) in [5, 5.41) is 11.5. The van der Waals surface area contributed by atoms with Crippen molar-refractivity contribution in [3.8, 4) is 16.3 Å². The summed E-state index contributed by atoms with van der Waals surface area (Å²) in [6.07, 6.45) is 1.67. The molecule has 2 heterocycles. The summed E-state index contributed by atoms with van der Waals surface area (Å²) in [6, 6.07) is 5.28. The third kappa shape index (κ3) is 1.59. The fourth-order valence-electron chi connectivity index (χ4n) is 1.03. The summed E-state index contributed by atoms with van der Waals surface area (Å²) in [5.74, 6) is 0.214. The number of pyridine rings is 1. The lowest BCUT2D eigenvalue weighted by Crippen LogP contribution is -1.80. The van der Waals surface area contributed by atoms with Crippen LogP contribution in [-0.2, 0) is 0 Å². The average molecular weight is 256 g/mol. The number of thiophene rings is 1. The van der Waals surface area contributed by atoms with Crippen molar-refractivity contribution in [2.75, 3.05) is 0 Å².